The van der Waals surface area contributed by atoms with Gasteiger partial charge in [-0.15, -0.1) is 12.0 Å². The number of nitrogens with zero attached hydrogens (tertiary/aromatic N) is 6. The Labute approximate surface area is 189 Å². The van der Waals surface area contributed by atoms with Crippen molar-refractivity contribution in [2.45, 2.75) is 19.6 Å². The summed E-state index contributed by atoms with van der Waals surface area (Å²) < 4.78 is 0. The van der Waals surface area contributed by atoms with Crippen LogP contribution in [0.5, 0.6) is 0 Å². The second-order valence-corrected chi connectivity index (χ2v) is 12.4. The minimum atomic E-state index is -1.37. The summed E-state index contributed by atoms with van der Waals surface area (Å²) in [6.45, 7) is 6.64. The molecular formula is C25H22N6Si. The minimum Gasteiger partial charge on any atom is -0.236 e. The van der Waals surface area contributed by atoms with Gasteiger partial charge in [0.15, 0.2) is 11.6 Å². The quantitative estimate of drug-likeness (QED) is 0.346. The van der Waals surface area contributed by atoms with E-state index in [-0.39, 0.29) is 0 Å². The summed E-state index contributed by atoms with van der Waals surface area (Å²) in [6, 6.07) is 14.7. The average molecular weight is 435 g/mol. The first-order valence-electron chi connectivity index (χ1n) is 9.93. The Kier molecular flexibility index (Phi) is 7.53. The van der Waals surface area contributed by atoms with Gasteiger partial charge in [0.2, 0.25) is 0 Å². The van der Waals surface area contributed by atoms with Gasteiger partial charge in [-0.25, -0.2) is 29.9 Å². The third-order valence-corrected chi connectivity index (χ3v) is 4.68. The second kappa shape index (κ2) is 10.7. The van der Waals surface area contributed by atoms with E-state index in [0.29, 0.717) is 23.0 Å². The average Bonchev–Trinajstić information content (AvgIpc) is 2.84. The van der Waals surface area contributed by atoms with Crippen molar-refractivity contribution in [3.63, 3.8) is 0 Å². The topological polar surface area (TPSA) is 77.3 Å². The molecule has 4 aromatic rings. The lowest BCUT2D eigenvalue weighted by Crippen LogP contribution is -2.16. The van der Waals surface area contributed by atoms with Crippen molar-refractivity contribution in [3.05, 3.63) is 84.7 Å². The number of hydrogen-bond donors (Lipinski definition) is 0. The molecule has 0 N–H and O–H groups in total. The van der Waals surface area contributed by atoms with Crippen LogP contribution < -0.4 is 0 Å². The fraction of sp³-hybridized carbons (Fsp3) is 0.120. The molecule has 0 aliphatic heterocycles. The molecule has 32 heavy (non-hydrogen) atoms. The fourth-order valence-electron chi connectivity index (χ4n) is 2.38. The van der Waals surface area contributed by atoms with Gasteiger partial charge in [0.25, 0.3) is 0 Å². The Morgan fingerprint density at radius 1 is 0.656 bits per heavy atom. The Bertz CT molecular complexity index is 1270. The largest absolute Gasteiger partial charge is 0.236 e. The summed E-state index contributed by atoms with van der Waals surface area (Å²) >= 11 is 0. The summed E-state index contributed by atoms with van der Waals surface area (Å²) in [6.07, 6.45) is 12.0. The lowest BCUT2D eigenvalue weighted by molar-refractivity contribution is 1.13. The molecule has 0 amide bonds. The zero-order valence-corrected chi connectivity index (χ0v) is 19.2. The highest BCUT2D eigenvalue weighted by Crippen LogP contribution is 2.11. The number of pyridine rings is 2. The SMILES string of the molecule is C#Cc1cccc(-c2ncccn2)n1.C[Si](C)(C)C#Cc1cccc(-c2ncccn2)n1. The van der Waals surface area contributed by atoms with Crippen LogP contribution in [0.1, 0.15) is 11.4 Å². The third-order valence-electron chi connectivity index (χ3n) is 3.80. The Morgan fingerprint density at radius 2 is 1.12 bits per heavy atom. The van der Waals surface area contributed by atoms with Crippen LogP contribution in [-0.2, 0) is 0 Å². The zero-order valence-electron chi connectivity index (χ0n) is 18.2. The van der Waals surface area contributed by atoms with Gasteiger partial charge >= 0.3 is 0 Å². The van der Waals surface area contributed by atoms with Crippen molar-refractivity contribution in [3.8, 4) is 46.8 Å². The van der Waals surface area contributed by atoms with Crippen molar-refractivity contribution in [1.82, 2.24) is 29.9 Å². The van der Waals surface area contributed by atoms with Crippen molar-refractivity contribution < 1.29 is 0 Å². The highest BCUT2D eigenvalue weighted by Gasteiger charge is 2.08. The molecule has 0 spiro atoms. The van der Waals surface area contributed by atoms with Gasteiger partial charge in [-0.1, -0.05) is 43.6 Å². The van der Waals surface area contributed by atoms with Crippen LogP contribution in [-0.4, -0.2) is 38.0 Å². The maximum atomic E-state index is 5.24. The molecule has 0 saturated heterocycles. The molecule has 4 heterocycles. The van der Waals surface area contributed by atoms with E-state index in [1.165, 1.54) is 0 Å². The van der Waals surface area contributed by atoms with E-state index in [2.05, 4.69) is 66.9 Å². The van der Waals surface area contributed by atoms with Gasteiger partial charge in [-0.05, 0) is 36.4 Å². The molecule has 156 valence electrons. The van der Waals surface area contributed by atoms with Crippen molar-refractivity contribution in [2.75, 3.05) is 0 Å². The molecule has 0 bridgehead atoms. The highest BCUT2D eigenvalue weighted by molar-refractivity contribution is 6.83. The lowest BCUT2D eigenvalue weighted by Gasteiger charge is -2.03. The smallest absolute Gasteiger partial charge is 0.178 e. The molecule has 6 nitrogen and oxygen atoms in total. The van der Waals surface area contributed by atoms with E-state index in [1.807, 2.05) is 30.3 Å². The normalized spacial score (nSPS) is 10.1. The number of terminal acetylenes is 1. The molecule has 0 unspecified atom stereocenters. The van der Waals surface area contributed by atoms with E-state index >= 15 is 0 Å². The third kappa shape index (κ3) is 6.94. The molecule has 7 heteroatoms. The van der Waals surface area contributed by atoms with Crippen molar-refractivity contribution in [2.24, 2.45) is 0 Å². The molecule has 0 radical (unpaired) electrons. The predicted molar refractivity (Wildman–Crippen MR) is 129 cm³/mol. The Morgan fingerprint density at radius 3 is 1.59 bits per heavy atom. The van der Waals surface area contributed by atoms with Gasteiger partial charge in [0.05, 0.1) is 0 Å². The maximum Gasteiger partial charge on any atom is 0.178 e. The summed E-state index contributed by atoms with van der Waals surface area (Å²) in [5, 5.41) is 0. The van der Waals surface area contributed by atoms with Gasteiger partial charge in [0.1, 0.15) is 30.8 Å². The van der Waals surface area contributed by atoms with Crippen LogP contribution in [0.2, 0.25) is 19.6 Å². The monoisotopic (exact) mass is 434 g/mol. The fourth-order valence-corrected chi connectivity index (χ4v) is 2.89. The zero-order chi connectivity index (χ0) is 22.8. The van der Waals surface area contributed by atoms with E-state index < -0.39 is 8.07 Å². The summed E-state index contributed by atoms with van der Waals surface area (Å²) in [4.78, 5) is 25.2. The maximum absolute atomic E-state index is 5.24. The predicted octanol–water partition coefficient (Wildman–Crippen LogP) is 4.29. The molecule has 0 fully saturated rings. The van der Waals surface area contributed by atoms with Crippen molar-refractivity contribution >= 4 is 8.07 Å². The van der Waals surface area contributed by atoms with Crippen LogP contribution in [0.25, 0.3) is 23.0 Å². The molecule has 4 rings (SSSR count). The van der Waals surface area contributed by atoms with E-state index in [0.717, 1.165) is 11.4 Å². The standard InChI is InChI=1S/C14H15N3Si.C11H7N3/c1-18(2,3)11-8-12-6-4-7-13(17-12)14-15-9-5-10-16-14;1-2-9-5-3-6-10(14-9)11-12-7-4-8-13-11/h4-7,9-10H,1-3H3;1,3-8H. The van der Waals surface area contributed by atoms with Crippen LogP contribution in [0.15, 0.2) is 73.3 Å². The molecule has 0 aliphatic rings. The number of aromatic nitrogens is 6. The van der Waals surface area contributed by atoms with Gasteiger partial charge in [0, 0.05) is 24.8 Å². The van der Waals surface area contributed by atoms with E-state index in [4.69, 9.17) is 6.42 Å². The molecule has 0 atom stereocenters. The summed E-state index contributed by atoms with van der Waals surface area (Å²) in [5.74, 6) is 6.83. The van der Waals surface area contributed by atoms with Crippen LogP contribution in [0, 0.1) is 23.8 Å². The lowest BCUT2D eigenvalue weighted by atomic mass is 10.3. The minimum absolute atomic E-state index is 0.588. The molecule has 0 aromatic carbocycles. The van der Waals surface area contributed by atoms with Crippen LogP contribution in [0.3, 0.4) is 0 Å². The van der Waals surface area contributed by atoms with E-state index in [1.54, 1.807) is 43.0 Å². The first-order valence-corrected chi connectivity index (χ1v) is 13.4. The molecule has 0 aliphatic carbocycles. The summed E-state index contributed by atoms with van der Waals surface area (Å²) in [7, 11) is -1.37. The molecular weight excluding hydrogens is 412 g/mol. The Balaban J connectivity index is 0.000000186. The van der Waals surface area contributed by atoms with Gasteiger partial charge in [-0.3, -0.25) is 0 Å². The van der Waals surface area contributed by atoms with E-state index in [9.17, 15) is 0 Å². The van der Waals surface area contributed by atoms with Gasteiger partial charge < -0.3 is 0 Å². The molecule has 4 aromatic heterocycles. The van der Waals surface area contributed by atoms with Crippen molar-refractivity contribution in [1.29, 1.82) is 0 Å². The first kappa shape index (κ1) is 22.5. The highest BCUT2D eigenvalue weighted by atomic mass is 28.3. The first-order chi connectivity index (χ1) is 15.4. The van der Waals surface area contributed by atoms with Gasteiger partial charge in [-0.2, -0.15) is 0 Å². The number of rotatable bonds is 2. The molecule has 0 saturated carbocycles. The second-order valence-electron chi connectivity index (χ2n) is 7.61. The van der Waals surface area contributed by atoms with Crippen LogP contribution in [0.4, 0.5) is 0 Å². The van der Waals surface area contributed by atoms with Crippen LogP contribution >= 0.6 is 0 Å². The Hall–Kier alpha value is -4.20. The summed E-state index contributed by atoms with van der Waals surface area (Å²) in [5.41, 5.74) is 6.13. The number of hydrogen-bond acceptors (Lipinski definition) is 6.